The number of hydrogen-bond acceptors (Lipinski definition) is 3. The minimum atomic E-state index is -4.88. The molecule has 0 aliphatic rings. The highest BCUT2D eigenvalue weighted by molar-refractivity contribution is 5.80. The molecule has 1 aromatic carbocycles. The summed E-state index contributed by atoms with van der Waals surface area (Å²) in [4.78, 5) is 10.3. The molecule has 18 heavy (non-hydrogen) atoms. The molecule has 0 saturated carbocycles. The van der Waals surface area contributed by atoms with Crippen LogP contribution in [0.4, 0.5) is 13.2 Å². The maximum atomic E-state index is 12.4. The summed E-state index contributed by atoms with van der Waals surface area (Å²) in [5.74, 6) is -3.03. The van der Waals surface area contributed by atoms with Crippen molar-refractivity contribution >= 4 is 5.97 Å². The minimum absolute atomic E-state index is 0.0375. The van der Waals surface area contributed by atoms with Crippen LogP contribution in [0.25, 0.3) is 0 Å². The SMILES string of the molecule is COc1ccc(O/C(=C/C(=O)O)C(F)(F)F)cc1. The van der Waals surface area contributed by atoms with Crippen LogP contribution in [0.1, 0.15) is 0 Å². The Morgan fingerprint density at radius 3 is 2.11 bits per heavy atom. The molecular formula is C11H9F3O4. The third-order valence-electron chi connectivity index (χ3n) is 1.82. The molecule has 0 fully saturated rings. The summed E-state index contributed by atoms with van der Waals surface area (Å²) in [6.07, 6.45) is -4.91. The van der Waals surface area contributed by atoms with Crippen LogP contribution in [-0.2, 0) is 4.79 Å². The second-order valence-electron chi connectivity index (χ2n) is 3.12. The van der Waals surface area contributed by atoms with Gasteiger partial charge in [0.1, 0.15) is 11.5 Å². The number of methoxy groups -OCH3 is 1. The van der Waals surface area contributed by atoms with Crippen LogP contribution in [0, 0.1) is 0 Å². The fourth-order valence-corrected chi connectivity index (χ4v) is 1.05. The average Bonchev–Trinajstić information content (AvgIpc) is 2.27. The van der Waals surface area contributed by atoms with Crippen LogP contribution in [0.2, 0.25) is 0 Å². The Hall–Kier alpha value is -2.18. The maximum absolute atomic E-state index is 12.4. The van der Waals surface area contributed by atoms with E-state index in [1.807, 2.05) is 0 Å². The summed E-state index contributed by atoms with van der Waals surface area (Å²) < 4.78 is 46.6. The topological polar surface area (TPSA) is 55.8 Å². The molecule has 0 amide bonds. The van der Waals surface area contributed by atoms with Crippen LogP contribution in [0.5, 0.6) is 11.5 Å². The van der Waals surface area contributed by atoms with Crippen molar-refractivity contribution in [2.24, 2.45) is 0 Å². The van der Waals surface area contributed by atoms with E-state index < -0.39 is 17.9 Å². The number of carboxylic acid groups (broad SMARTS) is 1. The van der Waals surface area contributed by atoms with Gasteiger partial charge in [0.25, 0.3) is 0 Å². The van der Waals surface area contributed by atoms with Crippen molar-refractivity contribution in [1.82, 2.24) is 0 Å². The van der Waals surface area contributed by atoms with Gasteiger partial charge < -0.3 is 14.6 Å². The zero-order valence-corrected chi connectivity index (χ0v) is 9.19. The van der Waals surface area contributed by atoms with Crippen molar-refractivity contribution in [2.75, 3.05) is 7.11 Å². The third kappa shape index (κ3) is 4.00. The quantitative estimate of drug-likeness (QED) is 0.669. The monoisotopic (exact) mass is 262 g/mol. The highest BCUT2D eigenvalue weighted by atomic mass is 19.4. The number of ether oxygens (including phenoxy) is 2. The highest BCUT2D eigenvalue weighted by Gasteiger charge is 2.37. The maximum Gasteiger partial charge on any atom is 0.449 e. The van der Waals surface area contributed by atoms with Crippen LogP contribution in [0.3, 0.4) is 0 Å². The molecule has 0 spiro atoms. The summed E-state index contributed by atoms with van der Waals surface area (Å²) in [6.45, 7) is 0. The molecule has 0 unspecified atom stereocenters. The Morgan fingerprint density at radius 1 is 1.22 bits per heavy atom. The van der Waals surface area contributed by atoms with Gasteiger partial charge in [0.05, 0.1) is 13.2 Å². The summed E-state index contributed by atoms with van der Waals surface area (Å²) >= 11 is 0. The molecule has 0 aliphatic carbocycles. The molecule has 0 aromatic heterocycles. The van der Waals surface area contributed by atoms with Gasteiger partial charge >= 0.3 is 12.1 Å². The number of halogens is 3. The van der Waals surface area contributed by atoms with E-state index in [0.29, 0.717) is 5.75 Å². The number of carbonyl (C=O) groups is 1. The zero-order chi connectivity index (χ0) is 13.8. The van der Waals surface area contributed by atoms with Crippen LogP contribution in [-0.4, -0.2) is 24.4 Å². The molecule has 0 atom stereocenters. The van der Waals surface area contributed by atoms with E-state index in [1.165, 1.54) is 31.4 Å². The van der Waals surface area contributed by atoms with Crippen molar-refractivity contribution in [1.29, 1.82) is 0 Å². The number of allylic oxidation sites excluding steroid dienone is 1. The number of hydrogen-bond donors (Lipinski definition) is 1. The van der Waals surface area contributed by atoms with E-state index in [0.717, 1.165) is 0 Å². The predicted molar refractivity (Wildman–Crippen MR) is 55.4 cm³/mol. The first-order valence-corrected chi connectivity index (χ1v) is 4.66. The van der Waals surface area contributed by atoms with Crippen molar-refractivity contribution in [3.63, 3.8) is 0 Å². The van der Waals surface area contributed by atoms with Gasteiger partial charge in [-0.3, -0.25) is 0 Å². The van der Waals surface area contributed by atoms with E-state index >= 15 is 0 Å². The van der Waals surface area contributed by atoms with Crippen LogP contribution < -0.4 is 9.47 Å². The summed E-state index contributed by atoms with van der Waals surface area (Å²) in [6, 6.07) is 5.26. The molecular weight excluding hydrogens is 253 g/mol. The first kappa shape index (κ1) is 13.9. The number of alkyl halides is 3. The second-order valence-corrected chi connectivity index (χ2v) is 3.12. The number of benzene rings is 1. The smallest absolute Gasteiger partial charge is 0.449 e. The molecule has 98 valence electrons. The van der Waals surface area contributed by atoms with Gasteiger partial charge in [-0.25, -0.2) is 4.79 Å². The van der Waals surface area contributed by atoms with E-state index in [-0.39, 0.29) is 11.8 Å². The summed E-state index contributed by atoms with van der Waals surface area (Å²) in [7, 11) is 1.40. The van der Waals surface area contributed by atoms with E-state index in [9.17, 15) is 18.0 Å². The van der Waals surface area contributed by atoms with Gasteiger partial charge in [0.15, 0.2) is 0 Å². The minimum Gasteiger partial charge on any atom is -0.497 e. The van der Waals surface area contributed by atoms with Crippen molar-refractivity contribution < 1.29 is 32.5 Å². The lowest BCUT2D eigenvalue weighted by Crippen LogP contribution is -2.18. The first-order valence-electron chi connectivity index (χ1n) is 4.66. The Morgan fingerprint density at radius 2 is 1.72 bits per heavy atom. The van der Waals surface area contributed by atoms with Crippen molar-refractivity contribution in [3.8, 4) is 11.5 Å². The first-order chi connectivity index (χ1) is 8.32. The molecule has 4 nitrogen and oxygen atoms in total. The molecule has 0 radical (unpaired) electrons. The Kier molecular flexibility index (Phi) is 4.19. The predicted octanol–water partition coefficient (Wildman–Crippen LogP) is 2.60. The molecule has 0 saturated heterocycles. The second kappa shape index (κ2) is 5.44. The van der Waals surface area contributed by atoms with Crippen LogP contribution in [0.15, 0.2) is 36.1 Å². The molecule has 1 N–H and O–H groups in total. The lowest BCUT2D eigenvalue weighted by Gasteiger charge is -2.12. The zero-order valence-electron chi connectivity index (χ0n) is 9.19. The van der Waals surface area contributed by atoms with E-state index in [4.69, 9.17) is 9.84 Å². The molecule has 0 bridgehead atoms. The van der Waals surface area contributed by atoms with Gasteiger partial charge in [-0.05, 0) is 24.3 Å². The molecule has 0 heterocycles. The molecule has 1 aromatic rings. The average molecular weight is 262 g/mol. The fourth-order valence-electron chi connectivity index (χ4n) is 1.05. The van der Waals surface area contributed by atoms with Gasteiger partial charge in [0.2, 0.25) is 5.76 Å². The molecule has 7 heteroatoms. The third-order valence-corrected chi connectivity index (χ3v) is 1.82. The normalized spacial score (nSPS) is 12.1. The fraction of sp³-hybridized carbons (Fsp3) is 0.182. The van der Waals surface area contributed by atoms with Crippen LogP contribution >= 0.6 is 0 Å². The van der Waals surface area contributed by atoms with Crippen molar-refractivity contribution in [2.45, 2.75) is 6.18 Å². The van der Waals surface area contributed by atoms with Gasteiger partial charge in [-0.15, -0.1) is 0 Å². The van der Waals surface area contributed by atoms with E-state index in [1.54, 1.807) is 0 Å². The summed E-state index contributed by atoms with van der Waals surface area (Å²) in [5, 5.41) is 8.33. The largest absolute Gasteiger partial charge is 0.497 e. The number of carboxylic acids is 1. The standard InChI is InChI=1S/C11H9F3O4/c1-17-7-2-4-8(5-3-7)18-9(6-10(15)16)11(12,13)14/h2-6H,1H3,(H,15,16)/b9-6+. The summed E-state index contributed by atoms with van der Waals surface area (Å²) in [5.41, 5.74) is 0. The van der Waals surface area contributed by atoms with Gasteiger partial charge in [-0.1, -0.05) is 0 Å². The lowest BCUT2D eigenvalue weighted by molar-refractivity contribution is -0.135. The lowest BCUT2D eigenvalue weighted by atomic mass is 10.3. The number of aliphatic carboxylic acids is 1. The number of rotatable bonds is 4. The molecule has 1 rings (SSSR count). The Bertz CT molecular complexity index is 448. The molecule has 0 aliphatic heterocycles. The van der Waals surface area contributed by atoms with Gasteiger partial charge in [-0.2, -0.15) is 13.2 Å². The van der Waals surface area contributed by atoms with E-state index in [2.05, 4.69) is 4.74 Å². The highest BCUT2D eigenvalue weighted by Crippen LogP contribution is 2.29. The Balaban J connectivity index is 2.93. The van der Waals surface area contributed by atoms with Gasteiger partial charge in [0, 0.05) is 0 Å². The Labute approximate surface area is 100 Å². The van der Waals surface area contributed by atoms with Crippen molar-refractivity contribution in [3.05, 3.63) is 36.1 Å².